The van der Waals surface area contributed by atoms with E-state index in [-0.39, 0.29) is 35.6 Å². The molecule has 0 bridgehead atoms. The maximum atomic E-state index is 12.5. The van der Waals surface area contributed by atoms with Gasteiger partial charge in [0.15, 0.2) is 18.1 Å². The fourth-order valence-corrected chi connectivity index (χ4v) is 3.14. The molecule has 0 spiro atoms. The van der Waals surface area contributed by atoms with Crippen molar-refractivity contribution >= 4 is 46.4 Å². The number of benzene rings is 1. The zero-order valence-electron chi connectivity index (χ0n) is 14.5. The van der Waals surface area contributed by atoms with Gasteiger partial charge in [0.1, 0.15) is 12.6 Å². The van der Waals surface area contributed by atoms with Gasteiger partial charge in [0, 0.05) is 17.8 Å². The van der Waals surface area contributed by atoms with Crippen LogP contribution in [0.3, 0.4) is 0 Å². The minimum atomic E-state index is -0.830. The third-order valence-corrected chi connectivity index (χ3v) is 4.98. The summed E-state index contributed by atoms with van der Waals surface area (Å²) < 4.78 is 5.87. The summed E-state index contributed by atoms with van der Waals surface area (Å²) in [4.78, 5) is 27.8. The van der Waals surface area contributed by atoms with E-state index in [4.69, 9.17) is 23.8 Å². The number of thiocarbonyl (C=S) groups is 1. The van der Waals surface area contributed by atoms with Gasteiger partial charge in [0.25, 0.3) is 11.6 Å². The minimum absolute atomic E-state index is 0.00659. The van der Waals surface area contributed by atoms with Crippen molar-refractivity contribution in [3.8, 4) is 5.95 Å². The highest BCUT2D eigenvalue weighted by Crippen LogP contribution is 2.24. The average Bonchev–Trinajstić information content (AvgIpc) is 3.04. The van der Waals surface area contributed by atoms with E-state index in [0.717, 1.165) is 0 Å². The Morgan fingerprint density at radius 2 is 2.11 bits per heavy atom. The van der Waals surface area contributed by atoms with Crippen LogP contribution in [0.1, 0.15) is 12.1 Å². The topological polar surface area (TPSA) is 106 Å². The second-order valence-electron chi connectivity index (χ2n) is 6.01. The second kappa shape index (κ2) is 7.49. The van der Waals surface area contributed by atoms with E-state index < -0.39 is 12.0 Å². The zero-order chi connectivity index (χ0) is 19.7. The highest BCUT2D eigenvalue weighted by molar-refractivity contribution is 7.80. The fraction of sp³-hybridized carbons (Fsp3) is 0.312. The van der Waals surface area contributed by atoms with E-state index in [1.165, 1.54) is 21.5 Å². The normalized spacial score (nSPS) is 16.9. The molecule has 0 saturated carbocycles. The van der Waals surface area contributed by atoms with Crippen LogP contribution in [0.25, 0.3) is 0 Å². The average molecular weight is 410 g/mol. The monoisotopic (exact) mass is 409 g/mol. The molecule has 2 amide bonds. The Hall–Kier alpha value is -2.72. The summed E-state index contributed by atoms with van der Waals surface area (Å²) in [6.45, 7) is 0.00659. The van der Waals surface area contributed by atoms with Crippen LogP contribution in [-0.2, 0) is 23.2 Å². The molecule has 0 aliphatic carbocycles. The fourth-order valence-electron chi connectivity index (χ4n) is 2.73. The zero-order valence-corrected chi connectivity index (χ0v) is 16.1. The maximum Gasteiger partial charge on any atom is 0.252 e. The quantitative estimate of drug-likeness (QED) is 0.554. The molecule has 142 valence electrons. The van der Waals surface area contributed by atoms with E-state index in [2.05, 4.69) is 15.1 Å². The molecule has 1 aromatic carbocycles. The highest BCUT2D eigenvalue weighted by atomic mass is 35.5. The van der Waals surface area contributed by atoms with Crippen LogP contribution >= 0.6 is 23.8 Å². The van der Waals surface area contributed by atoms with Crippen molar-refractivity contribution in [1.82, 2.24) is 15.1 Å². The Labute approximate surface area is 165 Å². The van der Waals surface area contributed by atoms with Gasteiger partial charge in [-0.2, -0.15) is 0 Å². The summed E-state index contributed by atoms with van der Waals surface area (Å²) in [5.41, 5.74) is 0.785. The van der Waals surface area contributed by atoms with Gasteiger partial charge >= 0.3 is 0 Å². The lowest BCUT2D eigenvalue weighted by molar-refractivity contribution is -0.746. The summed E-state index contributed by atoms with van der Waals surface area (Å²) in [6.07, 6.45) is -0.130. The van der Waals surface area contributed by atoms with Gasteiger partial charge in [0.05, 0.1) is 11.7 Å². The van der Waals surface area contributed by atoms with Gasteiger partial charge in [-0.05, 0) is 36.5 Å². The first-order valence-corrected chi connectivity index (χ1v) is 8.72. The first kappa shape index (κ1) is 19.1. The molecular weight excluding hydrogens is 394 g/mol. The van der Waals surface area contributed by atoms with Crippen LogP contribution in [0.4, 0.5) is 5.69 Å². The number of carbonyl (C=O) groups is 2. The molecule has 1 atom stereocenters. The van der Waals surface area contributed by atoms with Gasteiger partial charge < -0.3 is 19.8 Å². The van der Waals surface area contributed by atoms with Crippen LogP contribution in [0.5, 0.6) is 5.95 Å². The summed E-state index contributed by atoms with van der Waals surface area (Å²) >= 11 is 11.1. The maximum absolute atomic E-state index is 12.5. The lowest BCUT2D eigenvalue weighted by Gasteiger charge is -2.21. The van der Waals surface area contributed by atoms with E-state index in [9.17, 15) is 14.7 Å². The molecule has 1 saturated heterocycles. The first-order valence-electron chi connectivity index (χ1n) is 7.93. The van der Waals surface area contributed by atoms with E-state index in [1.807, 2.05) is 0 Å². The predicted octanol–water partition coefficient (Wildman–Crippen LogP) is 0.182. The molecular formula is C16H16ClN5O4S. The van der Waals surface area contributed by atoms with Crippen LogP contribution in [0.2, 0.25) is 5.02 Å². The number of rotatable bonds is 5. The van der Waals surface area contributed by atoms with E-state index in [1.54, 1.807) is 31.3 Å². The van der Waals surface area contributed by atoms with E-state index >= 15 is 0 Å². The summed E-state index contributed by atoms with van der Waals surface area (Å²) in [7, 11) is 3.08. The molecule has 9 nitrogen and oxygen atoms in total. The van der Waals surface area contributed by atoms with Crippen LogP contribution in [0.15, 0.2) is 28.8 Å². The molecule has 1 fully saturated rings. The third-order valence-electron chi connectivity index (χ3n) is 4.22. The van der Waals surface area contributed by atoms with E-state index in [0.29, 0.717) is 10.7 Å². The Kier molecular flexibility index (Phi) is 5.29. The molecule has 3 rings (SSSR count). The number of hydrogen-bond acceptors (Lipinski definition) is 6. The summed E-state index contributed by atoms with van der Waals surface area (Å²) in [5, 5.41) is 18.8. The number of nitrogens with one attached hydrogen (secondary N) is 1. The molecule has 1 aliphatic rings. The SMILES string of the molecule is CN1C(=O)C(CC(=O)Nc2ccc(Cl)cc2)N(Cc2c([O-])on[n+]2C)C1=S. The van der Waals surface area contributed by atoms with Crippen molar-refractivity contribution in [2.75, 3.05) is 12.4 Å². The van der Waals surface area contributed by atoms with Crippen molar-refractivity contribution in [2.24, 2.45) is 7.05 Å². The Morgan fingerprint density at radius 3 is 2.70 bits per heavy atom. The number of aromatic nitrogens is 2. The number of anilines is 1. The molecule has 1 unspecified atom stereocenters. The first-order chi connectivity index (χ1) is 12.8. The number of amides is 2. The predicted molar refractivity (Wildman–Crippen MR) is 96.5 cm³/mol. The van der Waals surface area contributed by atoms with Crippen LogP contribution < -0.4 is 15.1 Å². The molecule has 1 aromatic heterocycles. The van der Waals surface area contributed by atoms with Crippen molar-refractivity contribution in [1.29, 1.82) is 0 Å². The molecule has 2 aromatic rings. The summed E-state index contributed by atoms with van der Waals surface area (Å²) in [5.74, 6) is -1.31. The smallest absolute Gasteiger partial charge is 0.252 e. The largest absolute Gasteiger partial charge is 0.539 e. The number of nitrogens with zero attached hydrogens (tertiary/aromatic N) is 4. The molecule has 1 N–H and O–H groups in total. The molecule has 11 heteroatoms. The molecule has 1 aliphatic heterocycles. The Balaban J connectivity index is 1.76. The molecule has 2 heterocycles. The number of halogens is 1. The van der Waals surface area contributed by atoms with Gasteiger partial charge in [0.2, 0.25) is 5.91 Å². The van der Waals surface area contributed by atoms with Gasteiger partial charge in [-0.3, -0.25) is 14.5 Å². The Morgan fingerprint density at radius 1 is 1.44 bits per heavy atom. The van der Waals surface area contributed by atoms with Crippen molar-refractivity contribution in [3.63, 3.8) is 0 Å². The molecule has 0 radical (unpaired) electrons. The third kappa shape index (κ3) is 3.86. The summed E-state index contributed by atoms with van der Waals surface area (Å²) in [6, 6.07) is 5.78. The lowest BCUT2D eigenvalue weighted by Crippen LogP contribution is -2.42. The number of aryl methyl sites for hydroxylation is 1. The van der Waals surface area contributed by atoms with Crippen molar-refractivity contribution in [2.45, 2.75) is 19.0 Å². The standard InChI is InChI=1S/C16H16ClN5O4S/c1-20-14(24)11(7-13(23)18-10-5-3-9(17)4-6-10)22(16(20)27)8-12-15(25)26-19-21(12)2/h3-6,11H,7-8H2,1-2H3,(H-,18,19,23,25). The van der Waals surface area contributed by atoms with Crippen LogP contribution in [0, 0.1) is 0 Å². The highest BCUT2D eigenvalue weighted by Gasteiger charge is 2.42. The van der Waals surface area contributed by atoms with Gasteiger partial charge in [-0.15, -0.1) is 0 Å². The number of likely N-dealkylation sites (N-methyl/N-ethyl adjacent to an activating group) is 1. The number of carbonyl (C=O) groups excluding carboxylic acids is 2. The molecule has 27 heavy (non-hydrogen) atoms. The second-order valence-corrected chi connectivity index (χ2v) is 6.82. The van der Waals surface area contributed by atoms with Gasteiger partial charge in [-0.1, -0.05) is 16.3 Å². The Bertz CT molecular complexity index is 881. The lowest BCUT2D eigenvalue weighted by atomic mass is 10.1. The van der Waals surface area contributed by atoms with Gasteiger partial charge in [-0.25, -0.2) is 0 Å². The van der Waals surface area contributed by atoms with Crippen molar-refractivity contribution < 1.29 is 23.9 Å². The van der Waals surface area contributed by atoms with Crippen molar-refractivity contribution in [3.05, 3.63) is 35.0 Å². The number of hydrogen-bond donors (Lipinski definition) is 1. The minimum Gasteiger partial charge on any atom is -0.539 e. The van der Waals surface area contributed by atoms with Crippen LogP contribution in [-0.4, -0.2) is 45.1 Å².